The number of aromatic nitrogens is 2. The molecule has 1 aromatic rings. The predicted octanol–water partition coefficient (Wildman–Crippen LogP) is 2.02. The van der Waals surface area contributed by atoms with Gasteiger partial charge in [0, 0.05) is 29.6 Å². The molecule has 4 nitrogen and oxygen atoms in total. The summed E-state index contributed by atoms with van der Waals surface area (Å²) in [5.74, 6) is 0.867. The summed E-state index contributed by atoms with van der Waals surface area (Å²) in [6.07, 6.45) is 0.727. The Balaban J connectivity index is 2.61. The average molecular weight is 229 g/mol. The Labute approximate surface area is 94.9 Å². The number of rotatable bonds is 4. The van der Waals surface area contributed by atoms with Crippen LogP contribution < -0.4 is 5.32 Å². The van der Waals surface area contributed by atoms with Crippen LogP contribution in [0.25, 0.3) is 0 Å². The van der Waals surface area contributed by atoms with E-state index in [-0.39, 0.29) is 18.1 Å². The minimum Gasteiger partial charge on any atom is -0.396 e. The number of aliphatic hydroxyl groups is 1. The van der Waals surface area contributed by atoms with Crippen molar-refractivity contribution in [3.63, 3.8) is 0 Å². The van der Waals surface area contributed by atoms with E-state index < -0.39 is 0 Å². The summed E-state index contributed by atoms with van der Waals surface area (Å²) in [5, 5.41) is 12.8. The molecule has 0 saturated heterocycles. The van der Waals surface area contributed by atoms with Gasteiger partial charge in [-0.3, -0.25) is 0 Å². The van der Waals surface area contributed by atoms with Gasteiger partial charge in [-0.05, 0) is 13.3 Å². The molecule has 0 radical (unpaired) electrons. The van der Waals surface area contributed by atoms with Crippen LogP contribution in [-0.2, 0) is 5.41 Å². The highest BCUT2D eigenvalue weighted by Crippen LogP contribution is 2.23. The van der Waals surface area contributed by atoms with Crippen molar-refractivity contribution in [1.29, 1.82) is 0 Å². The fourth-order valence-electron chi connectivity index (χ4n) is 1.06. The SMILES string of the molecule is CC(CCO)Nc1nc(C(C)(C)C)ns1. The average Bonchev–Trinajstić information content (AvgIpc) is 2.52. The van der Waals surface area contributed by atoms with Gasteiger partial charge < -0.3 is 10.4 Å². The Hall–Kier alpha value is -0.680. The predicted molar refractivity (Wildman–Crippen MR) is 63.4 cm³/mol. The maximum absolute atomic E-state index is 8.78. The van der Waals surface area contributed by atoms with Crippen LogP contribution in [0.4, 0.5) is 5.13 Å². The first-order valence-electron chi connectivity index (χ1n) is 5.15. The monoisotopic (exact) mass is 229 g/mol. The zero-order valence-corrected chi connectivity index (χ0v) is 10.6. The molecule has 1 unspecified atom stereocenters. The second-order valence-electron chi connectivity index (χ2n) is 4.73. The van der Waals surface area contributed by atoms with E-state index in [1.165, 1.54) is 11.5 Å². The highest BCUT2D eigenvalue weighted by atomic mass is 32.1. The minimum absolute atomic E-state index is 0.00333. The lowest BCUT2D eigenvalue weighted by molar-refractivity contribution is 0.282. The van der Waals surface area contributed by atoms with Crippen LogP contribution in [0.3, 0.4) is 0 Å². The molecule has 0 aliphatic carbocycles. The van der Waals surface area contributed by atoms with E-state index in [0.29, 0.717) is 0 Å². The fraction of sp³-hybridized carbons (Fsp3) is 0.800. The van der Waals surface area contributed by atoms with Crippen molar-refractivity contribution in [1.82, 2.24) is 9.36 Å². The zero-order valence-electron chi connectivity index (χ0n) is 9.74. The number of nitrogens with zero attached hydrogens (tertiary/aromatic N) is 2. The molecule has 0 aromatic carbocycles. The first-order valence-corrected chi connectivity index (χ1v) is 5.92. The highest BCUT2D eigenvalue weighted by Gasteiger charge is 2.19. The van der Waals surface area contributed by atoms with E-state index in [1.807, 2.05) is 6.92 Å². The van der Waals surface area contributed by atoms with Gasteiger partial charge in [0.1, 0.15) is 5.82 Å². The number of aliphatic hydroxyl groups excluding tert-OH is 1. The molecule has 86 valence electrons. The van der Waals surface area contributed by atoms with Crippen molar-refractivity contribution >= 4 is 16.7 Å². The summed E-state index contributed by atoms with van der Waals surface area (Å²) < 4.78 is 4.31. The van der Waals surface area contributed by atoms with Crippen molar-refractivity contribution in [2.24, 2.45) is 0 Å². The zero-order chi connectivity index (χ0) is 11.5. The van der Waals surface area contributed by atoms with Gasteiger partial charge in [-0.25, -0.2) is 4.98 Å². The van der Waals surface area contributed by atoms with Crippen LogP contribution >= 0.6 is 11.5 Å². The lowest BCUT2D eigenvalue weighted by Gasteiger charge is -2.13. The molecule has 1 aromatic heterocycles. The molecular weight excluding hydrogens is 210 g/mol. The minimum atomic E-state index is -0.00333. The normalized spacial score (nSPS) is 13.9. The molecule has 0 aliphatic rings. The van der Waals surface area contributed by atoms with Crippen LogP contribution in [0.15, 0.2) is 0 Å². The molecular formula is C10H19N3OS. The van der Waals surface area contributed by atoms with Gasteiger partial charge in [-0.15, -0.1) is 0 Å². The van der Waals surface area contributed by atoms with Gasteiger partial charge in [0.2, 0.25) is 5.13 Å². The van der Waals surface area contributed by atoms with E-state index in [0.717, 1.165) is 17.4 Å². The van der Waals surface area contributed by atoms with Crippen molar-refractivity contribution in [2.75, 3.05) is 11.9 Å². The number of anilines is 1. The number of hydrogen-bond acceptors (Lipinski definition) is 5. The van der Waals surface area contributed by atoms with Gasteiger partial charge in [0.25, 0.3) is 0 Å². The molecule has 0 aliphatic heterocycles. The molecule has 0 saturated carbocycles. The van der Waals surface area contributed by atoms with E-state index in [4.69, 9.17) is 5.11 Å². The number of nitrogens with one attached hydrogen (secondary N) is 1. The Bertz CT molecular complexity index is 306. The second-order valence-corrected chi connectivity index (χ2v) is 5.48. The molecule has 0 spiro atoms. The second kappa shape index (κ2) is 4.90. The Kier molecular flexibility index (Phi) is 4.04. The molecule has 1 atom stereocenters. The maximum Gasteiger partial charge on any atom is 0.202 e. The molecule has 0 amide bonds. The molecule has 2 N–H and O–H groups in total. The summed E-state index contributed by atoms with van der Waals surface area (Å²) in [5.41, 5.74) is -0.00333. The maximum atomic E-state index is 8.78. The van der Waals surface area contributed by atoms with Crippen molar-refractivity contribution < 1.29 is 5.11 Å². The van der Waals surface area contributed by atoms with E-state index >= 15 is 0 Å². The summed E-state index contributed by atoms with van der Waals surface area (Å²) in [6, 6.07) is 0.232. The first-order chi connectivity index (χ1) is 6.93. The van der Waals surface area contributed by atoms with Crippen molar-refractivity contribution in [3.05, 3.63) is 5.82 Å². The van der Waals surface area contributed by atoms with E-state index in [1.54, 1.807) is 0 Å². The van der Waals surface area contributed by atoms with Gasteiger partial charge in [0.05, 0.1) is 0 Å². The molecule has 5 heteroatoms. The van der Waals surface area contributed by atoms with Gasteiger partial charge in [0.15, 0.2) is 0 Å². The third-order valence-corrected chi connectivity index (χ3v) is 2.68. The van der Waals surface area contributed by atoms with Crippen LogP contribution in [-0.4, -0.2) is 27.1 Å². The lowest BCUT2D eigenvalue weighted by atomic mass is 9.96. The largest absolute Gasteiger partial charge is 0.396 e. The van der Waals surface area contributed by atoms with E-state index in [2.05, 4.69) is 35.4 Å². The fourth-order valence-corrected chi connectivity index (χ4v) is 1.93. The van der Waals surface area contributed by atoms with Gasteiger partial charge in [-0.2, -0.15) is 4.37 Å². The summed E-state index contributed by atoms with van der Waals surface area (Å²) >= 11 is 1.38. The van der Waals surface area contributed by atoms with Crippen molar-refractivity contribution in [2.45, 2.75) is 45.6 Å². The highest BCUT2D eigenvalue weighted by molar-refractivity contribution is 7.09. The Morgan fingerprint density at radius 3 is 2.60 bits per heavy atom. The number of hydrogen-bond donors (Lipinski definition) is 2. The molecule has 15 heavy (non-hydrogen) atoms. The quantitative estimate of drug-likeness (QED) is 0.829. The molecule has 0 fully saturated rings. The Morgan fingerprint density at radius 1 is 1.47 bits per heavy atom. The van der Waals surface area contributed by atoms with E-state index in [9.17, 15) is 0 Å². The Morgan fingerprint density at radius 2 is 2.13 bits per heavy atom. The van der Waals surface area contributed by atoms with Crippen molar-refractivity contribution in [3.8, 4) is 0 Å². The summed E-state index contributed by atoms with van der Waals surface area (Å²) in [7, 11) is 0. The standard InChI is InChI=1S/C10H19N3OS/c1-7(5-6-14)11-9-12-8(13-15-9)10(2,3)4/h7,14H,5-6H2,1-4H3,(H,11,12,13). The lowest BCUT2D eigenvalue weighted by Crippen LogP contribution is -2.17. The molecule has 1 rings (SSSR count). The smallest absolute Gasteiger partial charge is 0.202 e. The summed E-state index contributed by atoms with van der Waals surface area (Å²) in [4.78, 5) is 4.42. The van der Waals surface area contributed by atoms with Crippen LogP contribution in [0.2, 0.25) is 0 Å². The van der Waals surface area contributed by atoms with Crippen LogP contribution in [0, 0.1) is 0 Å². The van der Waals surface area contributed by atoms with Crippen LogP contribution in [0.5, 0.6) is 0 Å². The van der Waals surface area contributed by atoms with Crippen LogP contribution in [0.1, 0.15) is 39.9 Å². The summed E-state index contributed by atoms with van der Waals surface area (Å²) in [6.45, 7) is 8.50. The first kappa shape index (κ1) is 12.4. The third-order valence-electron chi connectivity index (χ3n) is 2.03. The third kappa shape index (κ3) is 3.76. The van der Waals surface area contributed by atoms with Gasteiger partial charge >= 0.3 is 0 Å². The molecule has 1 heterocycles. The molecule has 0 bridgehead atoms. The van der Waals surface area contributed by atoms with Gasteiger partial charge in [-0.1, -0.05) is 20.8 Å². The topological polar surface area (TPSA) is 58.0 Å².